The van der Waals surface area contributed by atoms with E-state index in [0.717, 1.165) is 41.8 Å². The van der Waals surface area contributed by atoms with Crippen LogP contribution in [0.1, 0.15) is 24.0 Å². The maximum Gasteiger partial charge on any atom is 0.162 e. The zero-order valence-electron chi connectivity index (χ0n) is 15.1. The van der Waals surface area contributed by atoms with E-state index in [2.05, 4.69) is 10.4 Å². The summed E-state index contributed by atoms with van der Waals surface area (Å²) in [6.07, 6.45) is 1.70. The van der Waals surface area contributed by atoms with Gasteiger partial charge in [-0.15, -0.1) is 0 Å². The number of hydroxylamine groups is 1. The summed E-state index contributed by atoms with van der Waals surface area (Å²) in [5.41, 5.74) is 6.59. The van der Waals surface area contributed by atoms with Gasteiger partial charge in [-0.25, -0.2) is 4.39 Å². The van der Waals surface area contributed by atoms with Gasteiger partial charge in [0.15, 0.2) is 5.60 Å². The summed E-state index contributed by atoms with van der Waals surface area (Å²) in [7, 11) is 4.08. The Hall–Kier alpha value is -2.37. The second kappa shape index (κ2) is 6.74. The molecule has 1 unspecified atom stereocenters. The number of fused-ring (bicyclic) bond motifs is 2. The molecule has 2 aromatic rings. The van der Waals surface area contributed by atoms with Crippen molar-refractivity contribution in [2.75, 3.05) is 27.2 Å². The lowest BCUT2D eigenvalue weighted by Gasteiger charge is -2.26. The number of hydrogen-bond acceptors (Lipinski definition) is 4. The first-order chi connectivity index (χ1) is 12.6. The Labute approximate surface area is 153 Å². The Kier molecular flexibility index (Phi) is 4.42. The predicted molar refractivity (Wildman–Crippen MR) is 98.9 cm³/mol. The highest BCUT2D eigenvalue weighted by molar-refractivity contribution is 5.80. The third kappa shape index (κ3) is 3.08. The SMILES string of the molecule is CN(C)CCCONC1=C2CC2(c2ccccc2)Oc2cc(F)ccc21. The Morgan fingerprint density at radius 1 is 1.19 bits per heavy atom. The molecule has 4 rings (SSSR count). The highest BCUT2D eigenvalue weighted by atomic mass is 19.1. The minimum atomic E-state index is -0.503. The molecule has 1 fully saturated rings. The molecular weight excluding hydrogens is 331 g/mol. The van der Waals surface area contributed by atoms with Crippen LogP contribution in [0.25, 0.3) is 5.70 Å². The first kappa shape index (κ1) is 17.1. The molecule has 0 amide bonds. The molecule has 0 saturated heterocycles. The Morgan fingerprint density at radius 3 is 2.77 bits per heavy atom. The van der Waals surface area contributed by atoms with E-state index in [4.69, 9.17) is 9.57 Å². The van der Waals surface area contributed by atoms with Crippen LogP contribution in [0.4, 0.5) is 4.39 Å². The van der Waals surface area contributed by atoms with Crippen LogP contribution in [0, 0.1) is 5.82 Å². The van der Waals surface area contributed by atoms with Crippen LogP contribution in [-0.2, 0) is 10.4 Å². The van der Waals surface area contributed by atoms with Gasteiger partial charge in [0.2, 0.25) is 0 Å². The Morgan fingerprint density at radius 2 is 2.00 bits per heavy atom. The summed E-state index contributed by atoms with van der Waals surface area (Å²) in [4.78, 5) is 7.83. The van der Waals surface area contributed by atoms with Crippen LogP contribution < -0.4 is 10.2 Å². The minimum Gasteiger partial charge on any atom is -0.477 e. The van der Waals surface area contributed by atoms with E-state index < -0.39 is 5.60 Å². The molecule has 26 heavy (non-hydrogen) atoms. The molecule has 1 atom stereocenters. The van der Waals surface area contributed by atoms with Crippen molar-refractivity contribution in [2.24, 2.45) is 0 Å². The summed E-state index contributed by atoms with van der Waals surface area (Å²) in [6, 6.07) is 14.7. The quantitative estimate of drug-likeness (QED) is 0.607. The van der Waals surface area contributed by atoms with Crippen molar-refractivity contribution < 1.29 is 14.0 Å². The van der Waals surface area contributed by atoms with E-state index in [-0.39, 0.29) is 5.82 Å². The topological polar surface area (TPSA) is 33.7 Å². The van der Waals surface area contributed by atoms with Crippen molar-refractivity contribution in [3.8, 4) is 5.75 Å². The third-order valence-electron chi connectivity index (χ3n) is 4.85. The van der Waals surface area contributed by atoms with Gasteiger partial charge in [0.05, 0.1) is 12.3 Å². The fourth-order valence-corrected chi connectivity index (χ4v) is 3.47. The number of rotatable bonds is 7. The molecular formula is C21H23FN2O2. The maximum atomic E-state index is 13.8. The van der Waals surface area contributed by atoms with E-state index in [1.807, 2.05) is 44.4 Å². The monoisotopic (exact) mass is 354 g/mol. The van der Waals surface area contributed by atoms with Crippen LogP contribution >= 0.6 is 0 Å². The number of ether oxygens (including phenoxy) is 1. The molecule has 2 aliphatic rings. The van der Waals surface area contributed by atoms with Crippen molar-refractivity contribution in [2.45, 2.75) is 18.4 Å². The Balaban J connectivity index is 1.60. The molecule has 0 radical (unpaired) electrons. The number of benzene rings is 2. The summed E-state index contributed by atoms with van der Waals surface area (Å²) in [5, 5.41) is 0. The molecule has 1 N–H and O–H groups in total. The standard InChI is InChI=1S/C21H23FN2O2/c1-24(2)11-6-12-25-23-20-17-10-9-16(22)13-19(17)26-21(14-18(20)21)15-7-4-3-5-8-15/h3-5,7-10,13,23H,6,11-12,14H2,1-2H3. The van der Waals surface area contributed by atoms with E-state index in [0.29, 0.717) is 12.4 Å². The van der Waals surface area contributed by atoms with E-state index in [1.165, 1.54) is 12.1 Å². The van der Waals surface area contributed by atoms with E-state index in [1.54, 1.807) is 6.07 Å². The van der Waals surface area contributed by atoms with Crippen molar-refractivity contribution in [3.63, 3.8) is 0 Å². The molecule has 0 spiro atoms. The summed E-state index contributed by atoms with van der Waals surface area (Å²) in [5.74, 6) is 0.247. The average molecular weight is 354 g/mol. The zero-order chi connectivity index (χ0) is 18.1. The van der Waals surface area contributed by atoms with Crippen LogP contribution in [0.15, 0.2) is 54.1 Å². The van der Waals surface area contributed by atoms with Crippen LogP contribution in [0.5, 0.6) is 5.75 Å². The normalized spacial score (nSPS) is 20.5. The van der Waals surface area contributed by atoms with Crippen molar-refractivity contribution in [3.05, 3.63) is 71.0 Å². The zero-order valence-corrected chi connectivity index (χ0v) is 15.1. The second-order valence-electron chi connectivity index (χ2n) is 7.07. The molecule has 1 aliphatic carbocycles. The van der Waals surface area contributed by atoms with Gasteiger partial charge in [0.25, 0.3) is 0 Å². The van der Waals surface area contributed by atoms with Crippen molar-refractivity contribution >= 4 is 5.70 Å². The van der Waals surface area contributed by atoms with Crippen LogP contribution in [0.3, 0.4) is 0 Å². The summed E-state index contributed by atoms with van der Waals surface area (Å²) in [6.45, 7) is 1.57. The smallest absolute Gasteiger partial charge is 0.162 e. The van der Waals surface area contributed by atoms with Gasteiger partial charge in [-0.1, -0.05) is 30.3 Å². The lowest BCUT2D eigenvalue weighted by Crippen LogP contribution is -2.25. The molecule has 2 aromatic carbocycles. The van der Waals surface area contributed by atoms with Gasteiger partial charge in [0, 0.05) is 29.2 Å². The van der Waals surface area contributed by atoms with Gasteiger partial charge in [-0.2, -0.15) is 0 Å². The predicted octanol–water partition coefficient (Wildman–Crippen LogP) is 3.70. The Bertz CT molecular complexity index is 835. The van der Waals surface area contributed by atoms with Crippen molar-refractivity contribution in [1.82, 2.24) is 10.4 Å². The minimum absolute atomic E-state index is 0.303. The number of nitrogens with one attached hydrogen (secondary N) is 1. The second-order valence-corrected chi connectivity index (χ2v) is 7.07. The van der Waals surface area contributed by atoms with Gasteiger partial charge in [0.1, 0.15) is 11.6 Å². The number of nitrogens with zero attached hydrogens (tertiary/aromatic N) is 1. The summed E-state index contributed by atoms with van der Waals surface area (Å²) >= 11 is 0. The fraction of sp³-hybridized carbons (Fsp3) is 0.333. The molecule has 4 nitrogen and oxygen atoms in total. The molecule has 1 aliphatic heterocycles. The first-order valence-corrected chi connectivity index (χ1v) is 8.91. The van der Waals surface area contributed by atoms with Gasteiger partial charge < -0.3 is 9.64 Å². The molecule has 1 heterocycles. The van der Waals surface area contributed by atoms with Gasteiger partial charge >= 0.3 is 0 Å². The lowest BCUT2D eigenvalue weighted by atomic mass is 10.0. The molecule has 1 saturated carbocycles. The average Bonchev–Trinajstić information content (AvgIpc) is 3.36. The highest BCUT2D eigenvalue weighted by Gasteiger charge is 2.58. The largest absolute Gasteiger partial charge is 0.477 e. The maximum absolute atomic E-state index is 13.8. The molecule has 0 aromatic heterocycles. The van der Waals surface area contributed by atoms with E-state index in [9.17, 15) is 4.39 Å². The highest BCUT2D eigenvalue weighted by Crippen LogP contribution is 2.61. The molecule has 5 heteroatoms. The summed E-state index contributed by atoms with van der Waals surface area (Å²) < 4.78 is 20.0. The molecule has 0 bridgehead atoms. The van der Waals surface area contributed by atoms with Gasteiger partial charge in [-0.3, -0.25) is 10.3 Å². The van der Waals surface area contributed by atoms with Crippen LogP contribution in [-0.4, -0.2) is 32.1 Å². The first-order valence-electron chi connectivity index (χ1n) is 8.91. The number of hydrogen-bond donors (Lipinski definition) is 1. The van der Waals surface area contributed by atoms with Gasteiger partial charge in [-0.05, 0) is 39.2 Å². The third-order valence-corrected chi connectivity index (χ3v) is 4.85. The molecule has 136 valence electrons. The lowest BCUT2D eigenvalue weighted by molar-refractivity contribution is 0.0708. The van der Waals surface area contributed by atoms with Crippen molar-refractivity contribution in [1.29, 1.82) is 0 Å². The fourth-order valence-electron chi connectivity index (χ4n) is 3.47. The number of halogens is 1. The van der Waals surface area contributed by atoms with E-state index >= 15 is 0 Å². The van der Waals surface area contributed by atoms with Crippen LogP contribution in [0.2, 0.25) is 0 Å².